The van der Waals surface area contributed by atoms with Crippen molar-refractivity contribution < 1.29 is 57.4 Å². The maximum absolute atomic E-state index is 15.0. The Bertz CT molecular complexity index is 2450. The average Bonchev–Trinajstić information content (AvgIpc) is 3.78. The fourth-order valence-electron chi connectivity index (χ4n) is 8.03. The Kier molecular flexibility index (Phi) is 20.0. The second-order valence-electron chi connectivity index (χ2n) is 17.3. The molecule has 70 heavy (non-hydrogen) atoms. The molecule has 5 atom stereocenters. The number of carbonyl (C=O) groups excluding carboxylic acids is 9. The van der Waals surface area contributed by atoms with Gasteiger partial charge in [-0.25, -0.2) is 14.4 Å². The van der Waals surface area contributed by atoms with Crippen LogP contribution >= 0.6 is 0 Å². The number of hydrogen-bond donors (Lipinski definition) is 7. The lowest BCUT2D eigenvalue weighted by molar-refractivity contribution is -0.157. The van der Waals surface area contributed by atoms with Gasteiger partial charge in [0.15, 0.2) is 0 Å². The zero-order chi connectivity index (χ0) is 50.7. The number of amides is 7. The van der Waals surface area contributed by atoms with Crippen LogP contribution in [-0.4, -0.2) is 120 Å². The second-order valence-corrected chi connectivity index (χ2v) is 17.3. The molecule has 4 aromatic rings. The summed E-state index contributed by atoms with van der Waals surface area (Å²) in [6.45, 7) is 3.68. The molecule has 374 valence electrons. The van der Waals surface area contributed by atoms with Crippen LogP contribution in [0.15, 0.2) is 91.1 Å². The summed E-state index contributed by atoms with van der Waals surface area (Å²) in [5.74, 6) is -7.59. The van der Waals surface area contributed by atoms with Gasteiger partial charge in [-0.1, -0.05) is 92.7 Å². The van der Waals surface area contributed by atoms with Crippen molar-refractivity contribution in [2.24, 2.45) is 11.7 Å². The van der Waals surface area contributed by atoms with E-state index in [1.165, 1.54) is 0 Å². The first-order valence-electron chi connectivity index (χ1n) is 23.1. The monoisotopic (exact) mass is 966 g/mol. The molecule has 3 aromatic carbocycles. The number of alkyl carbamates (subject to hydrolysis) is 1. The van der Waals surface area contributed by atoms with E-state index in [4.69, 9.17) is 10.5 Å². The van der Waals surface area contributed by atoms with E-state index >= 15 is 0 Å². The molecule has 8 N–H and O–H groups in total. The summed E-state index contributed by atoms with van der Waals surface area (Å²) >= 11 is 0. The minimum Gasteiger partial charge on any atom is -0.467 e. The number of para-hydroxylation sites is 1. The Balaban J connectivity index is 1.50. The molecule has 20 heteroatoms. The standard InChI is InChI=1S/C50H62N8O12/c1-30(2)25-37(45(62)57-42(48(65)68-3)49(66)69-4)53-44(61)38(27-33-28-52-35-20-12-11-19-34(33)35)54-46(63)40(21-13-14-24-51)58-41(59)23-22-36(56-50(67)70-29-32-17-9-6-10-18-32)43(60)55-39(47(58)64)26-31-15-7-5-8-16-31/h5-12,15-20,28,30,36-40,42,52H,13-14,21-27,29,51H2,1-4H3,(H,53,61)(H,54,63)(H,55,60)(H,56,67)(H,57,62)/t36-,37+,38+,39-,40+/m1/s1. The molecule has 0 spiro atoms. The summed E-state index contributed by atoms with van der Waals surface area (Å²) in [7, 11) is 2.05. The molecule has 0 aliphatic carbocycles. The molecular formula is C50H62N8O12. The van der Waals surface area contributed by atoms with Crippen LogP contribution in [0.1, 0.15) is 69.1 Å². The number of benzene rings is 3. The zero-order valence-electron chi connectivity index (χ0n) is 39.7. The topological polar surface area (TPSA) is 287 Å². The highest BCUT2D eigenvalue weighted by Crippen LogP contribution is 2.22. The van der Waals surface area contributed by atoms with Gasteiger partial charge in [-0.15, -0.1) is 0 Å². The van der Waals surface area contributed by atoms with Gasteiger partial charge in [0.2, 0.25) is 35.6 Å². The third-order valence-corrected chi connectivity index (χ3v) is 11.6. The number of aromatic nitrogens is 1. The lowest BCUT2D eigenvalue weighted by atomic mass is 9.99. The molecule has 7 amide bonds. The maximum Gasteiger partial charge on any atom is 0.408 e. The summed E-state index contributed by atoms with van der Waals surface area (Å²) < 4.78 is 14.7. The van der Waals surface area contributed by atoms with Crippen molar-refractivity contribution in [1.29, 1.82) is 0 Å². The van der Waals surface area contributed by atoms with Gasteiger partial charge < -0.3 is 51.5 Å². The first-order chi connectivity index (χ1) is 33.6. The normalized spacial score (nSPS) is 16.4. The number of nitrogens with two attached hydrogens (primary N) is 1. The molecule has 1 aliphatic heterocycles. The number of aromatic amines is 1. The van der Waals surface area contributed by atoms with Crippen LogP contribution in [0.4, 0.5) is 4.79 Å². The fraction of sp³-hybridized carbons (Fsp3) is 0.420. The Labute approximate surface area is 405 Å². The van der Waals surface area contributed by atoms with Gasteiger partial charge in [0, 0.05) is 36.4 Å². The molecule has 0 unspecified atom stereocenters. The van der Waals surface area contributed by atoms with Crippen LogP contribution in [0.25, 0.3) is 10.9 Å². The van der Waals surface area contributed by atoms with E-state index in [1.54, 1.807) is 86.8 Å². The number of unbranched alkanes of at least 4 members (excludes halogenated alkanes) is 1. The van der Waals surface area contributed by atoms with Crippen LogP contribution in [0.2, 0.25) is 0 Å². The highest BCUT2D eigenvalue weighted by atomic mass is 16.6. The predicted molar refractivity (Wildman–Crippen MR) is 255 cm³/mol. The summed E-state index contributed by atoms with van der Waals surface area (Å²) in [5, 5.41) is 13.7. The van der Waals surface area contributed by atoms with Gasteiger partial charge in [0.25, 0.3) is 5.91 Å². The van der Waals surface area contributed by atoms with E-state index in [1.807, 2.05) is 18.2 Å². The number of carbonyl (C=O) groups is 9. The maximum atomic E-state index is 15.0. The first-order valence-corrected chi connectivity index (χ1v) is 23.1. The van der Waals surface area contributed by atoms with Gasteiger partial charge in [0.05, 0.1) is 14.2 Å². The number of imide groups is 1. The predicted octanol–water partition coefficient (Wildman–Crippen LogP) is 2.23. The fourth-order valence-corrected chi connectivity index (χ4v) is 8.03. The van der Waals surface area contributed by atoms with Gasteiger partial charge in [-0.2, -0.15) is 0 Å². The molecule has 2 heterocycles. The number of fused-ring (bicyclic) bond motifs is 1. The third-order valence-electron chi connectivity index (χ3n) is 11.6. The van der Waals surface area contributed by atoms with Crippen LogP contribution < -0.4 is 32.3 Å². The Hall–Kier alpha value is -7.61. The quantitative estimate of drug-likeness (QED) is 0.0196. The first kappa shape index (κ1) is 53.3. The molecule has 0 bridgehead atoms. The van der Waals surface area contributed by atoms with Gasteiger partial charge in [-0.05, 0) is 67.3 Å². The number of nitrogens with zero attached hydrogens (tertiary/aromatic N) is 1. The molecule has 20 nitrogen and oxygen atoms in total. The molecular weight excluding hydrogens is 905 g/mol. The minimum atomic E-state index is -1.85. The van der Waals surface area contributed by atoms with Crippen molar-refractivity contribution in [3.05, 3.63) is 108 Å². The third kappa shape index (κ3) is 14.9. The van der Waals surface area contributed by atoms with Crippen molar-refractivity contribution in [3.8, 4) is 0 Å². The van der Waals surface area contributed by atoms with Crippen LogP contribution in [0.3, 0.4) is 0 Å². The zero-order valence-corrected chi connectivity index (χ0v) is 39.7. The van der Waals surface area contributed by atoms with Crippen molar-refractivity contribution in [1.82, 2.24) is 36.5 Å². The lowest BCUT2D eigenvalue weighted by Gasteiger charge is -2.33. The van der Waals surface area contributed by atoms with E-state index in [-0.39, 0.29) is 57.6 Å². The number of nitrogens with one attached hydrogen (secondary N) is 6. The lowest BCUT2D eigenvalue weighted by Crippen LogP contribution is -2.61. The van der Waals surface area contributed by atoms with Crippen LogP contribution in [0, 0.1) is 5.92 Å². The van der Waals surface area contributed by atoms with E-state index in [0.717, 1.165) is 30.0 Å². The smallest absolute Gasteiger partial charge is 0.408 e. The minimum absolute atomic E-state index is 0.0218. The molecule has 1 saturated heterocycles. The van der Waals surface area contributed by atoms with Gasteiger partial charge in [-0.3, -0.25) is 33.7 Å². The number of esters is 2. The molecule has 1 aromatic heterocycles. The summed E-state index contributed by atoms with van der Waals surface area (Å²) in [4.78, 5) is 129. The summed E-state index contributed by atoms with van der Waals surface area (Å²) in [6.07, 6.45) is 0.317. The highest BCUT2D eigenvalue weighted by molar-refractivity contribution is 6.06. The Morgan fingerprint density at radius 1 is 0.771 bits per heavy atom. The highest BCUT2D eigenvalue weighted by Gasteiger charge is 2.42. The Morgan fingerprint density at radius 2 is 1.39 bits per heavy atom. The van der Waals surface area contributed by atoms with E-state index in [9.17, 15) is 43.2 Å². The molecule has 5 rings (SSSR count). The van der Waals surface area contributed by atoms with Gasteiger partial charge in [0.1, 0.15) is 36.8 Å². The molecule has 1 aliphatic rings. The van der Waals surface area contributed by atoms with E-state index in [0.29, 0.717) is 23.1 Å². The van der Waals surface area contributed by atoms with Crippen molar-refractivity contribution in [3.63, 3.8) is 0 Å². The van der Waals surface area contributed by atoms with E-state index < -0.39 is 96.1 Å². The largest absolute Gasteiger partial charge is 0.467 e. The molecule has 0 saturated carbocycles. The second kappa shape index (κ2) is 26.2. The van der Waals surface area contributed by atoms with Crippen molar-refractivity contribution in [2.45, 2.75) is 108 Å². The summed E-state index contributed by atoms with van der Waals surface area (Å²) in [5.41, 5.74) is 8.50. The van der Waals surface area contributed by atoms with E-state index in [2.05, 4.69) is 41.0 Å². The van der Waals surface area contributed by atoms with Crippen LogP contribution in [0.5, 0.6) is 0 Å². The summed E-state index contributed by atoms with van der Waals surface area (Å²) in [6, 6.07) is 15.9. The average molecular weight is 967 g/mol. The number of hydrogen-bond acceptors (Lipinski definition) is 13. The Morgan fingerprint density at radius 3 is 2.03 bits per heavy atom. The van der Waals surface area contributed by atoms with Crippen molar-refractivity contribution in [2.75, 3.05) is 20.8 Å². The number of H-pyrrole nitrogens is 1. The number of rotatable bonds is 22. The number of ether oxygens (including phenoxy) is 3. The van der Waals surface area contributed by atoms with Crippen LogP contribution in [-0.2, 0) is 72.0 Å². The molecule has 0 radical (unpaired) electrons. The molecule has 1 fully saturated rings. The number of methoxy groups -OCH3 is 2. The van der Waals surface area contributed by atoms with Crippen molar-refractivity contribution >= 4 is 64.4 Å². The van der Waals surface area contributed by atoms with Gasteiger partial charge >= 0.3 is 18.0 Å². The SMILES string of the molecule is COC(=O)C(NC(=O)[C@H](CC(C)C)NC(=O)[C@H](Cc1c[nH]c2ccccc12)NC(=O)[C@H](CCCCN)N1C(=O)CC[C@@H](NC(=O)OCc2ccccc2)C(=O)N[C@H](Cc2ccccc2)C1=O)C(=O)OC.